The van der Waals surface area contributed by atoms with Crippen LogP contribution >= 0.6 is 0 Å². The number of likely N-dealkylation sites (tertiary alicyclic amines) is 1. The number of ether oxygens (including phenoxy) is 1. The second kappa shape index (κ2) is 11.4. The smallest absolute Gasteiger partial charge is 0.193 e. The number of nitrogens with zero attached hydrogens (tertiary/aromatic N) is 4. The molecule has 0 bridgehead atoms. The second-order valence-corrected chi connectivity index (χ2v) is 7.95. The van der Waals surface area contributed by atoms with Crippen LogP contribution in [0.4, 0.5) is 0 Å². The number of nitrogens with one attached hydrogen (secondary N) is 1. The monoisotopic (exact) mass is 387 g/mol. The molecule has 2 aliphatic heterocycles. The molecule has 2 aliphatic rings. The van der Waals surface area contributed by atoms with Crippen molar-refractivity contribution in [1.29, 1.82) is 0 Å². The predicted molar refractivity (Wildman–Crippen MR) is 116 cm³/mol. The van der Waals surface area contributed by atoms with Crippen LogP contribution in [0.25, 0.3) is 0 Å². The fraction of sp³-hybridized carbons (Fsp3) is 0.682. The Morgan fingerprint density at radius 2 is 1.75 bits per heavy atom. The minimum atomic E-state index is 0.745. The number of piperazine rings is 1. The van der Waals surface area contributed by atoms with Crippen LogP contribution in [0, 0.1) is 5.92 Å². The topological polar surface area (TPSA) is 43.3 Å². The van der Waals surface area contributed by atoms with Crippen LogP contribution in [0.3, 0.4) is 0 Å². The van der Waals surface area contributed by atoms with Gasteiger partial charge in [-0.3, -0.25) is 9.89 Å². The summed E-state index contributed by atoms with van der Waals surface area (Å²) in [6, 6.07) is 10.8. The zero-order chi connectivity index (χ0) is 19.6. The molecule has 0 aromatic heterocycles. The molecular weight excluding hydrogens is 350 g/mol. The molecule has 156 valence electrons. The zero-order valence-corrected chi connectivity index (χ0v) is 17.6. The van der Waals surface area contributed by atoms with Gasteiger partial charge in [0.15, 0.2) is 5.96 Å². The van der Waals surface area contributed by atoms with E-state index < -0.39 is 0 Å². The average molecular weight is 388 g/mol. The lowest BCUT2D eigenvalue weighted by molar-refractivity contribution is 0.120. The minimum Gasteiger partial charge on any atom is -0.383 e. The predicted octanol–water partition coefficient (Wildman–Crippen LogP) is 1.74. The van der Waals surface area contributed by atoms with Crippen LogP contribution in [0.1, 0.15) is 18.4 Å². The number of rotatable bonds is 7. The summed E-state index contributed by atoms with van der Waals surface area (Å²) in [7, 11) is 3.69. The van der Waals surface area contributed by atoms with E-state index in [-0.39, 0.29) is 0 Å². The second-order valence-electron chi connectivity index (χ2n) is 7.95. The van der Waals surface area contributed by atoms with Crippen molar-refractivity contribution in [1.82, 2.24) is 20.0 Å². The highest BCUT2D eigenvalue weighted by molar-refractivity contribution is 5.80. The van der Waals surface area contributed by atoms with Gasteiger partial charge >= 0.3 is 0 Å². The van der Waals surface area contributed by atoms with Crippen molar-refractivity contribution in [3.8, 4) is 0 Å². The van der Waals surface area contributed by atoms with Crippen molar-refractivity contribution in [2.75, 3.05) is 73.1 Å². The molecule has 2 saturated heterocycles. The van der Waals surface area contributed by atoms with Gasteiger partial charge < -0.3 is 19.9 Å². The average Bonchev–Trinajstić information content (AvgIpc) is 2.75. The molecule has 1 aromatic rings. The summed E-state index contributed by atoms with van der Waals surface area (Å²) in [5, 5.41) is 3.65. The molecule has 6 nitrogen and oxygen atoms in total. The third-order valence-corrected chi connectivity index (χ3v) is 6.00. The minimum absolute atomic E-state index is 0.745. The lowest BCUT2D eigenvalue weighted by Gasteiger charge is -2.37. The van der Waals surface area contributed by atoms with E-state index in [0.717, 1.165) is 64.3 Å². The molecule has 3 rings (SSSR count). The van der Waals surface area contributed by atoms with Gasteiger partial charge in [-0.15, -0.1) is 0 Å². The first kappa shape index (κ1) is 21.1. The van der Waals surface area contributed by atoms with Crippen molar-refractivity contribution >= 4 is 5.96 Å². The number of guanidine groups is 1. The van der Waals surface area contributed by atoms with Gasteiger partial charge in [0.2, 0.25) is 0 Å². The largest absolute Gasteiger partial charge is 0.383 e. The van der Waals surface area contributed by atoms with Gasteiger partial charge in [0, 0.05) is 60.0 Å². The van der Waals surface area contributed by atoms with Crippen molar-refractivity contribution < 1.29 is 4.74 Å². The van der Waals surface area contributed by atoms with Gasteiger partial charge in [-0.2, -0.15) is 0 Å². The number of methoxy groups -OCH3 is 1. The van der Waals surface area contributed by atoms with Crippen LogP contribution in [-0.4, -0.2) is 93.8 Å². The molecule has 28 heavy (non-hydrogen) atoms. The Bertz CT molecular complexity index is 578. The summed E-state index contributed by atoms with van der Waals surface area (Å²) >= 11 is 0. The van der Waals surface area contributed by atoms with E-state index in [1.54, 1.807) is 7.11 Å². The summed E-state index contributed by atoms with van der Waals surface area (Å²) in [6.07, 6.45) is 2.52. The SMILES string of the molecule is CN=C(NCC1CCN(CCOC)CC1)N1CCN(Cc2ccccc2)CC1. The standard InChI is InChI=1S/C22H37N5O/c1-23-22(24-18-20-8-10-25(11-9-20)16-17-28-2)27-14-12-26(13-15-27)19-21-6-4-3-5-7-21/h3-7,20H,8-19H2,1-2H3,(H,23,24). The maximum atomic E-state index is 5.19. The van der Waals surface area contributed by atoms with E-state index in [9.17, 15) is 0 Å². The molecule has 0 atom stereocenters. The Morgan fingerprint density at radius 3 is 2.39 bits per heavy atom. The highest BCUT2D eigenvalue weighted by Crippen LogP contribution is 2.16. The van der Waals surface area contributed by atoms with Crippen LogP contribution in [0.2, 0.25) is 0 Å². The van der Waals surface area contributed by atoms with Crippen LogP contribution in [0.5, 0.6) is 0 Å². The van der Waals surface area contributed by atoms with Gasteiger partial charge in [-0.05, 0) is 37.4 Å². The first-order valence-electron chi connectivity index (χ1n) is 10.7. The third kappa shape index (κ3) is 6.47. The zero-order valence-electron chi connectivity index (χ0n) is 17.6. The molecule has 0 amide bonds. The number of hydrogen-bond acceptors (Lipinski definition) is 4. The molecule has 0 aliphatic carbocycles. The Morgan fingerprint density at radius 1 is 1.04 bits per heavy atom. The Balaban J connectivity index is 1.36. The molecule has 0 saturated carbocycles. The highest BCUT2D eigenvalue weighted by Gasteiger charge is 2.22. The molecule has 6 heteroatoms. The Labute approximate surface area is 170 Å². The van der Waals surface area contributed by atoms with E-state index in [0.29, 0.717) is 0 Å². The van der Waals surface area contributed by atoms with Gasteiger partial charge in [0.05, 0.1) is 6.61 Å². The number of benzene rings is 1. The van der Waals surface area contributed by atoms with Crippen molar-refractivity contribution in [2.24, 2.45) is 10.9 Å². The molecule has 2 heterocycles. The summed E-state index contributed by atoms with van der Waals surface area (Å²) in [5.41, 5.74) is 1.40. The van der Waals surface area contributed by atoms with Gasteiger partial charge in [0.1, 0.15) is 0 Å². The van der Waals surface area contributed by atoms with E-state index >= 15 is 0 Å². The number of piperidine rings is 1. The highest BCUT2D eigenvalue weighted by atomic mass is 16.5. The molecular formula is C22H37N5O. The Hall–Kier alpha value is -1.63. The van der Waals surface area contributed by atoms with Crippen molar-refractivity contribution in [3.05, 3.63) is 35.9 Å². The molecule has 1 N–H and O–H groups in total. The molecule has 0 spiro atoms. The molecule has 1 aromatic carbocycles. The summed E-state index contributed by atoms with van der Waals surface area (Å²) in [4.78, 5) is 12.0. The van der Waals surface area contributed by atoms with Crippen LogP contribution in [-0.2, 0) is 11.3 Å². The lowest BCUT2D eigenvalue weighted by Crippen LogP contribution is -2.53. The van der Waals surface area contributed by atoms with E-state index in [1.807, 2.05) is 7.05 Å². The third-order valence-electron chi connectivity index (χ3n) is 6.00. The summed E-state index contributed by atoms with van der Waals surface area (Å²) < 4.78 is 5.19. The van der Waals surface area contributed by atoms with Gasteiger partial charge in [-0.1, -0.05) is 30.3 Å². The lowest BCUT2D eigenvalue weighted by atomic mass is 9.97. The normalized spacial score (nSPS) is 20.5. The molecule has 0 radical (unpaired) electrons. The fourth-order valence-electron chi connectivity index (χ4n) is 4.16. The van der Waals surface area contributed by atoms with Crippen molar-refractivity contribution in [2.45, 2.75) is 19.4 Å². The van der Waals surface area contributed by atoms with Gasteiger partial charge in [0.25, 0.3) is 0 Å². The number of hydrogen-bond donors (Lipinski definition) is 1. The van der Waals surface area contributed by atoms with E-state index in [2.05, 4.69) is 55.3 Å². The summed E-state index contributed by atoms with van der Waals surface area (Å²) in [6.45, 7) is 10.6. The van der Waals surface area contributed by atoms with Crippen LogP contribution in [0.15, 0.2) is 35.3 Å². The maximum absolute atomic E-state index is 5.19. The number of aliphatic imine (C=N–C) groups is 1. The van der Waals surface area contributed by atoms with Crippen molar-refractivity contribution in [3.63, 3.8) is 0 Å². The van der Waals surface area contributed by atoms with E-state index in [1.165, 1.54) is 31.5 Å². The first-order valence-corrected chi connectivity index (χ1v) is 10.7. The molecule has 2 fully saturated rings. The molecule has 0 unspecified atom stereocenters. The summed E-state index contributed by atoms with van der Waals surface area (Å²) in [5.74, 6) is 1.82. The Kier molecular flexibility index (Phi) is 8.58. The first-order chi connectivity index (χ1) is 13.8. The van der Waals surface area contributed by atoms with Gasteiger partial charge in [-0.25, -0.2) is 0 Å². The van der Waals surface area contributed by atoms with E-state index in [4.69, 9.17) is 4.74 Å². The van der Waals surface area contributed by atoms with Crippen LogP contribution < -0.4 is 5.32 Å². The quantitative estimate of drug-likeness (QED) is 0.570. The maximum Gasteiger partial charge on any atom is 0.193 e. The fourth-order valence-corrected chi connectivity index (χ4v) is 4.16.